The molecule has 0 saturated carbocycles. The standard InChI is InChI=1S/C26H24ClN5O/c1-16-13-17(2)29-26(28-16)32-25-24(18(3)30-32)21(19-9-5-4-6-10-19)14-23(33)31(25)15-20-11-7-8-12-22(20)27/h4-13,21H,14-15H2,1-3H3. The number of halogens is 1. The fraction of sp³-hybridized carbons (Fsp3) is 0.231. The fourth-order valence-corrected chi connectivity index (χ4v) is 4.77. The number of carbonyl (C=O) groups is 1. The smallest absolute Gasteiger partial charge is 0.252 e. The summed E-state index contributed by atoms with van der Waals surface area (Å²) in [6.45, 7) is 6.20. The fourth-order valence-electron chi connectivity index (χ4n) is 4.57. The van der Waals surface area contributed by atoms with E-state index in [4.69, 9.17) is 16.7 Å². The summed E-state index contributed by atoms with van der Waals surface area (Å²) >= 11 is 6.46. The van der Waals surface area contributed by atoms with Gasteiger partial charge in [0.15, 0.2) is 0 Å². The zero-order valence-corrected chi connectivity index (χ0v) is 19.5. The van der Waals surface area contributed by atoms with Crippen LogP contribution >= 0.6 is 11.6 Å². The molecule has 0 spiro atoms. The van der Waals surface area contributed by atoms with E-state index < -0.39 is 0 Å². The third-order valence-electron chi connectivity index (χ3n) is 6.01. The Bertz CT molecular complexity index is 1330. The third-order valence-corrected chi connectivity index (χ3v) is 6.38. The molecular formula is C26H24ClN5O. The Hall–Kier alpha value is -3.51. The van der Waals surface area contributed by atoms with Crippen molar-refractivity contribution >= 4 is 23.3 Å². The van der Waals surface area contributed by atoms with E-state index in [1.807, 2.05) is 69.3 Å². The number of carbonyl (C=O) groups excluding carboxylic acids is 1. The van der Waals surface area contributed by atoms with Gasteiger partial charge in [-0.15, -0.1) is 0 Å². The molecule has 1 aliphatic heterocycles. The molecule has 33 heavy (non-hydrogen) atoms. The minimum absolute atomic E-state index is 0.0156. The van der Waals surface area contributed by atoms with Crippen molar-refractivity contribution in [2.75, 3.05) is 4.90 Å². The van der Waals surface area contributed by atoms with E-state index >= 15 is 0 Å². The number of amides is 1. The van der Waals surface area contributed by atoms with Crippen molar-refractivity contribution in [3.63, 3.8) is 0 Å². The molecule has 0 radical (unpaired) electrons. The van der Waals surface area contributed by atoms with Crippen molar-refractivity contribution in [3.05, 3.63) is 99.5 Å². The summed E-state index contributed by atoms with van der Waals surface area (Å²) in [4.78, 5) is 24.6. The number of anilines is 1. The third kappa shape index (κ3) is 3.91. The van der Waals surface area contributed by atoms with Gasteiger partial charge in [0.25, 0.3) is 5.95 Å². The van der Waals surface area contributed by atoms with Crippen LogP contribution in [0.4, 0.5) is 5.82 Å². The highest BCUT2D eigenvalue weighted by Gasteiger charge is 2.38. The van der Waals surface area contributed by atoms with E-state index in [-0.39, 0.29) is 11.8 Å². The molecule has 0 fully saturated rings. The van der Waals surface area contributed by atoms with Gasteiger partial charge in [-0.1, -0.05) is 60.1 Å². The molecule has 5 rings (SSSR count). The normalized spacial score (nSPS) is 15.6. The number of benzene rings is 2. The number of aromatic nitrogens is 4. The van der Waals surface area contributed by atoms with Crippen LogP contribution in [-0.2, 0) is 11.3 Å². The lowest BCUT2D eigenvalue weighted by atomic mass is 9.85. The molecule has 2 aromatic heterocycles. The number of fused-ring (bicyclic) bond motifs is 1. The molecule has 0 bridgehead atoms. The first kappa shape index (κ1) is 21.3. The summed E-state index contributed by atoms with van der Waals surface area (Å²) in [5.74, 6) is 1.10. The molecule has 1 unspecified atom stereocenters. The van der Waals surface area contributed by atoms with E-state index in [1.165, 1.54) is 0 Å². The minimum Gasteiger partial charge on any atom is -0.292 e. The second-order valence-corrected chi connectivity index (χ2v) is 8.83. The summed E-state index contributed by atoms with van der Waals surface area (Å²) in [6, 6.07) is 19.6. The Labute approximate surface area is 197 Å². The lowest BCUT2D eigenvalue weighted by molar-refractivity contribution is -0.119. The van der Waals surface area contributed by atoms with Crippen molar-refractivity contribution in [1.82, 2.24) is 19.7 Å². The number of rotatable bonds is 4. The van der Waals surface area contributed by atoms with Crippen molar-refractivity contribution in [1.29, 1.82) is 0 Å². The van der Waals surface area contributed by atoms with Gasteiger partial charge in [0.1, 0.15) is 5.82 Å². The predicted octanol–water partition coefficient (Wildman–Crippen LogP) is 5.31. The maximum absolute atomic E-state index is 13.6. The minimum atomic E-state index is -0.0872. The van der Waals surface area contributed by atoms with Gasteiger partial charge < -0.3 is 0 Å². The monoisotopic (exact) mass is 457 g/mol. The molecule has 7 heteroatoms. The van der Waals surface area contributed by atoms with E-state index in [0.29, 0.717) is 29.8 Å². The second-order valence-electron chi connectivity index (χ2n) is 8.42. The van der Waals surface area contributed by atoms with Gasteiger partial charge in [-0.05, 0) is 44.0 Å². The Balaban J connectivity index is 1.72. The maximum atomic E-state index is 13.6. The first-order valence-corrected chi connectivity index (χ1v) is 11.3. The highest BCUT2D eigenvalue weighted by molar-refractivity contribution is 6.31. The summed E-state index contributed by atoms with van der Waals surface area (Å²) < 4.78 is 1.72. The summed E-state index contributed by atoms with van der Waals surface area (Å²) in [6.07, 6.45) is 0.363. The van der Waals surface area contributed by atoms with Gasteiger partial charge >= 0.3 is 0 Å². The van der Waals surface area contributed by atoms with Gasteiger partial charge in [-0.2, -0.15) is 9.78 Å². The molecule has 0 saturated heterocycles. The van der Waals surface area contributed by atoms with Gasteiger partial charge in [-0.25, -0.2) is 9.97 Å². The summed E-state index contributed by atoms with van der Waals surface area (Å²) in [7, 11) is 0. The van der Waals surface area contributed by atoms with Crippen LogP contribution in [0.3, 0.4) is 0 Å². The average Bonchev–Trinajstić information content (AvgIpc) is 3.14. The van der Waals surface area contributed by atoms with Gasteiger partial charge in [0, 0.05) is 34.3 Å². The van der Waals surface area contributed by atoms with Crippen LogP contribution in [0, 0.1) is 20.8 Å². The molecule has 3 heterocycles. The van der Waals surface area contributed by atoms with Crippen molar-refractivity contribution in [3.8, 4) is 5.95 Å². The van der Waals surface area contributed by atoms with Crippen molar-refractivity contribution < 1.29 is 4.79 Å². The van der Waals surface area contributed by atoms with Crippen LogP contribution in [0.2, 0.25) is 5.02 Å². The Morgan fingerprint density at radius 3 is 2.33 bits per heavy atom. The Kier molecular flexibility index (Phi) is 5.46. The molecule has 166 valence electrons. The molecular weight excluding hydrogens is 434 g/mol. The van der Waals surface area contributed by atoms with Crippen LogP contribution in [0.15, 0.2) is 60.7 Å². The van der Waals surface area contributed by atoms with Gasteiger partial charge in [-0.3, -0.25) is 9.69 Å². The molecule has 1 atom stereocenters. The second kappa shape index (κ2) is 8.45. The Morgan fingerprint density at radius 1 is 0.970 bits per heavy atom. The molecule has 0 aliphatic carbocycles. The van der Waals surface area contributed by atoms with E-state index in [0.717, 1.165) is 33.8 Å². The number of nitrogens with zero attached hydrogens (tertiary/aromatic N) is 5. The predicted molar refractivity (Wildman–Crippen MR) is 129 cm³/mol. The van der Waals surface area contributed by atoms with Gasteiger partial charge in [0.05, 0.1) is 12.2 Å². The lowest BCUT2D eigenvalue weighted by Gasteiger charge is -2.33. The van der Waals surface area contributed by atoms with Crippen LogP contribution in [-0.4, -0.2) is 25.7 Å². The first-order valence-electron chi connectivity index (χ1n) is 10.9. The molecule has 0 N–H and O–H groups in total. The van der Waals surface area contributed by atoms with Crippen LogP contribution in [0.5, 0.6) is 0 Å². The molecule has 6 nitrogen and oxygen atoms in total. The van der Waals surface area contributed by atoms with E-state index in [2.05, 4.69) is 22.1 Å². The van der Waals surface area contributed by atoms with E-state index in [1.54, 1.807) is 9.58 Å². The number of hydrogen-bond acceptors (Lipinski definition) is 4. The average molecular weight is 458 g/mol. The first-order chi connectivity index (χ1) is 15.9. The number of aryl methyl sites for hydroxylation is 3. The zero-order chi connectivity index (χ0) is 23.1. The largest absolute Gasteiger partial charge is 0.292 e. The number of hydrogen-bond donors (Lipinski definition) is 0. The van der Waals surface area contributed by atoms with Crippen LogP contribution in [0.1, 0.15) is 46.1 Å². The van der Waals surface area contributed by atoms with Crippen LogP contribution in [0.25, 0.3) is 5.95 Å². The summed E-state index contributed by atoms with van der Waals surface area (Å²) in [5.41, 5.74) is 5.54. The van der Waals surface area contributed by atoms with Crippen molar-refractivity contribution in [2.24, 2.45) is 0 Å². The topological polar surface area (TPSA) is 63.9 Å². The molecule has 1 aliphatic rings. The Morgan fingerprint density at radius 2 is 1.64 bits per heavy atom. The molecule has 1 amide bonds. The SMILES string of the molecule is Cc1cc(C)nc(-n2nc(C)c3c2N(Cc2ccccc2Cl)C(=O)CC3c2ccccc2)n1. The zero-order valence-electron chi connectivity index (χ0n) is 18.8. The highest BCUT2D eigenvalue weighted by Crippen LogP contribution is 2.43. The molecule has 2 aromatic carbocycles. The quantitative estimate of drug-likeness (QED) is 0.416. The van der Waals surface area contributed by atoms with Gasteiger partial charge in [0.2, 0.25) is 5.91 Å². The maximum Gasteiger partial charge on any atom is 0.252 e. The highest BCUT2D eigenvalue weighted by atomic mass is 35.5. The van der Waals surface area contributed by atoms with Crippen molar-refractivity contribution in [2.45, 2.75) is 39.7 Å². The van der Waals surface area contributed by atoms with E-state index in [9.17, 15) is 4.79 Å². The molecule has 4 aromatic rings. The summed E-state index contributed by atoms with van der Waals surface area (Å²) in [5, 5.41) is 5.46. The van der Waals surface area contributed by atoms with Crippen LogP contribution < -0.4 is 4.90 Å². The lowest BCUT2D eigenvalue weighted by Crippen LogP contribution is -2.38.